The second-order valence-electron chi connectivity index (χ2n) is 5.61. The number of carbonyl (C=O) groups is 2. The van der Waals surface area contributed by atoms with Crippen molar-refractivity contribution in [3.05, 3.63) is 57.9 Å². The number of thiocarbonyl (C=S) groups is 1. The van der Waals surface area contributed by atoms with Gasteiger partial charge in [-0.2, -0.15) is 0 Å². The van der Waals surface area contributed by atoms with Crippen LogP contribution in [0.5, 0.6) is 0 Å². The summed E-state index contributed by atoms with van der Waals surface area (Å²) in [5.74, 6) is -1.69. The number of nitrogens with one attached hydrogen (secondary N) is 1. The minimum atomic E-state index is -0.643. The molecule has 1 aliphatic heterocycles. The minimum Gasteiger partial charge on any atom is -0.466 e. The number of allylic oxidation sites excluding steroid dienone is 2. The van der Waals surface area contributed by atoms with E-state index >= 15 is 0 Å². The predicted molar refractivity (Wildman–Crippen MR) is 97.6 cm³/mol. The van der Waals surface area contributed by atoms with Crippen molar-refractivity contribution in [2.45, 2.75) is 19.8 Å². The van der Waals surface area contributed by atoms with Crippen molar-refractivity contribution in [3.8, 4) is 0 Å². The van der Waals surface area contributed by atoms with Crippen LogP contribution in [0.4, 0.5) is 0 Å². The van der Waals surface area contributed by atoms with Gasteiger partial charge in [-0.1, -0.05) is 30.4 Å². The molecule has 1 heterocycles. The molecule has 0 amide bonds. The number of dihydropyridines is 1. The van der Waals surface area contributed by atoms with Crippen LogP contribution in [0.2, 0.25) is 0 Å². The number of carbonyl (C=O) groups excluding carboxylic acids is 2. The molecule has 1 aromatic rings. The van der Waals surface area contributed by atoms with Crippen LogP contribution >= 0.6 is 12.2 Å². The topological polar surface area (TPSA) is 90.6 Å². The van der Waals surface area contributed by atoms with Crippen LogP contribution in [0.1, 0.15) is 30.9 Å². The zero-order valence-electron chi connectivity index (χ0n) is 14.5. The average molecular weight is 360 g/mol. The maximum absolute atomic E-state index is 12.4. The Morgan fingerprint density at radius 1 is 1.08 bits per heavy atom. The summed E-state index contributed by atoms with van der Waals surface area (Å²) in [4.78, 5) is 25.0. The summed E-state index contributed by atoms with van der Waals surface area (Å²) >= 11 is 5.04. The molecule has 0 unspecified atom stereocenters. The smallest absolute Gasteiger partial charge is 0.336 e. The van der Waals surface area contributed by atoms with E-state index in [2.05, 4.69) is 5.32 Å². The van der Waals surface area contributed by atoms with Crippen LogP contribution in [-0.2, 0) is 19.1 Å². The molecule has 25 heavy (non-hydrogen) atoms. The van der Waals surface area contributed by atoms with Crippen LogP contribution in [0.15, 0.2) is 46.8 Å². The summed E-state index contributed by atoms with van der Waals surface area (Å²) in [6.07, 6.45) is 0. The first-order valence-electron chi connectivity index (χ1n) is 7.56. The van der Waals surface area contributed by atoms with Gasteiger partial charge in [0.05, 0.1) is 31.3 Å². The molecule has 0 saturated carbocycles. The molecule has 0 aromatic heterocycles. The van der Waals surface area contributed by atoms with Gasteiger partial charge in [-0.25, -0.2) is 9.59 Å². The van der Waals surface area contributed by atoms with Crippen molar-refractivity contribution in [1.29, 1.82) is 0 Å². The van der Waals surface area contributed by atoms with Gasteiger partial charge in [0.1, 0.15) is 4.99 Å². The van der Waals surface area contributed by atoms with E-state index in [1.54, 1.807) is 32.0 Å². The zero-order chi connectivity index (χ0) is 18.7. The Labute approximate surface area is 151 Å². The molecule has 0 bridgehead atoms. The SMILES string of the molecule is COC(=O)C1=C(C)NC(C)=C(C(=O)OC)C1c1cccc(C(N)=S)c1. The van der Waals surface area contributed by atoms with E-state index in [1.807, 2.05) is 6.07 Å². The fourth-order valence-electron chi connectivity index (χ4n) is 2.96. The lowest BCUT2D eigenvalue weighted by molar-refractivity contribution is -0.137. The quantitative estimate of drug-likeness (QED) is 0.626. The third kappa shape index (κ3) is 3.56. The van der Waals surface area contributed by atoms with Gasteiger partial charge < -0.3 is 20.5 Å². The lowest BCUT2D eigenvalue weighted by Gasteiger charge is -2.30. The number of hydrogen-bond acceptors (Lipinski definition) is 6. The van der Waals surface area contributed by atoms with E-state index in [0.717, 1.165) is 0 Å². The first kappa shape index (κ1) is 18.7. The highest BCUT2D eigenvalue weighted by molar-refractivity contribution is 7.80. The fraction of sp³-hybridized carbons (Fsp3) is 0.278. The lowest BCUT2D eigenvalue weighted by Crippen LogP contribution is -2.32. The van der Waals surface area contributed by atoms with Gasteiger partial charge in [-0.3, -0.25) is 0 Å². The first-order valence-corrected chi connectivity index (χ1v) is 7.97. The van der Waals surface area contributed by atoms with Crippen molar-refractivity contribution in [2.75, 3.05) is 14.2 Å². The Hall–Kier alpha value is -2.67. The zero-order valence-corrected chi connectivity index (χ0v) is 15.3. The molecule has 0 spiro atoms. The molecule has 0 atom stereocenters. The highest BCUT2D eigenvalue weighted by Gasteiger charge is 2.37. The molecule has 0 saturated heterocycles. The van der Waals surface area contributed by atoms with Crippen molar-refractivity contribution in [1.82, 2.24) is 5.32 Å². The summed E-state index contributed by atoms with van der Waals surface area (Å²) in [6, 6.07) is 7.13. The number of benzene rings is 1. The van der Waals surface area contributed by atoms with E-state index in [-0.39, 0.29) is 4.99 Å². The van der Waals surface area contributed by atoms with Gasteiger partial charge in [0, 0.05) is 17.0 Å². The molecule has 2 rings (SSSR count). The Balaban J connectivity index is 2.72. The van der Waals surface area contributed by atoms with E-state index in [9.17, 15) is 9.59 Å². The maximum Gasteiger partial charge on any atom is 0.336 e. The second-order valence-corrected chi connectivity index (χ2v) is 6.05. The monoisotopic (exact) mass is 360 g/mol. The standard InChI is InChI=1S/C18H20N2O4S/c1-9-13(17(21)23-3)15(14(10(2)20-9)18(22)24-4)11-6-5-7-12(8-11)16(19)25/h5-8,15,20H,1-4H3,(H2,19,25). The largest absolute Gasteiger partial charge is 0.466 e. The molecule has 0 aliphatic carbocycles. The molecule has 3 N–H and O–H groups in total. The molecule has 6 nitrogen and oxygen atoms in total. The predicted octanol–water partition coefficient (Wildman–Crippen LogP) is 1.90. The molecule has 1 aromatic carbocycles. The van der Waals surface area contributed by atoms with Gasteiger partial charge in [-0.15, -0.1) is 0 Å². The van der Waals surface area contributed by atoms with Crippen LogP contribution in [0.3, 0.4) is 0 Å². The van der Waals surface area contributed by atoms with E-state index in [1.165, 1.54) is 14.2 Å². The van der Waals surface area contributed by atoms with Gasteiger partial charge in [0.15, 0.2) is 0 Å². The number of esters is 2. The lowest BCUT2D eigenvalue weighted by atomic mass is 9.80. The molecule has 0 radical (unpaired) electrons. The van der Waals surface area contributed by atoms with E-state index in [4.69, 9.17) is 27.4 Å². The summed E-state index contributed by atoms with van der Waals surface area (Å²) in [6.45, 7) is 3.52. The van der Waals surface area contributed by atoms with Gasteiger partial charge in [-0.05, 0) is 25.5 Å². The Morgan fingerprint density at radius 2 is 1.60 bits per heavy atom. The Morgan fingerprint density at radius 3 is 2.04 bits per heavy atom. The molecule has 7 heteroatoms. The summed E-state index contributed by atoms with van der Waals surface area (Å²) in [5.41, 5.74) is 8.98. The summed E-state index contributed by atoms with van der Waals surface area (Å²) in [5, 5.41) is 3.05. The molecular formula is C18H20N2O4S. The van der Waals surface area contributed by atoms with Crippen molar-refractivity contribution >= 4 is 29.1 Å². The van der Waals surface area contributed by atoms with Gasteiger partial charge >= 0.3 is 11.9 Å². The van der Waals surface area contributed by atoms with Crippen LogP contribution in [-0.4, -0.2) is 31.1 Å². The summed E-state index contributed by atoms with van der Waals surface area (Å²) in [7, 11) is 2.60. The maximum atomic E-state index is 12.4. The summed E-state index contributed by atoms with van der Waals surface area (Å²) < 4.78 is 9.85. The van der Waals surface area contributed by atoms with Crippen molar-refractivity contribution in [2.24, 2.45) is 5.73 Å². The second kappa shape index (κ2) is 7.48. The van der Waals surface area contributed by atoms with Crippen molar-refractivity contribution in [3.63, 3.8) is 0 Å². The average Bonchev–Trinajstić information content (AvgIpc) is 2.59. The van der Waals surface area contributed by atoms with Crippen LogP contribution in [0.25, 0.3) is 0 Å². The first-order chi connectivity index (χ1) is 11.8. The fourth-order valence-corrected chi connectivity index (χ4v) is 3.09. The number of rotatable bonds is 4. The van der Waals surface area contributed by atoms with Gasteiger partial charge in [0.2, 0.25) is 0 Å². The molecule has 132 valence electrons. The Kier molecular flexibility index (Phi) is 5.58. The molecule has 1 aliphatic rings. The van der Waals surface area contributed by atoms with Crippen LogP contribution in [0, 0.1) is 0 Å². The van der Waals surface area contributed by atoms with Gasteiger partial charge in [0.25, 0.3) is 0 Å². The van der Waals surface area contributed by atoms with E-state index < -0.39 is 17.9 Å². The molecule has 0 fully saturated rings. The van der Waals surface area contributed by atoms with E-state index in [0.29, 0.717) is 33.7 Å². The third-order valence-electron chi connectivity index (χ3n) is 4.08. The van der Waals surface area contributed by atoms with Crippen molar-refractivity contribution < 1.29 is 19.1 Å². The molecular weight excluding hydrogens is 340 g/mol. The highest BCUT2D eigenvalue weighted by Crippen LogP contribution is 2.39. The highest BCUT2D eigenvalue weighted by atomic mass is 32.1. The number of hydrogen-bond donors (Lipinski definition) is 2. The minimum absolute atomic E-state index is 0.233. The Bertz CT molecular complexity index is 773. The third-order valence-corrected chi connectivity index (χ3v) is 4.31. The number of nitrogens with two attached hydrogens (primary N) is 1. The normalized spacial score (nSPS) is 14.9. The van der Waals surface area contributed by atoms with Crippen LogP contribution < -0.4 is 11.1 Å². The number of ether oxygens (including phenoxy) is 2. The number of methoxy groups -OCH3 is 2.